The quantitative estimate of drug-likeness (QED) is 0.406. The highest BCUT2D eigenvalue weighted by atomic mass is 127. The van der Waals surface area contributed by atoms with Crippen molar-refractivity contribution in [3.8, 4) is 0 Å². The number of hydrogen-bond acceptors (Lipinski definition) is 0. The molecule has 0 amide bonds. The fourth-order valence-corrected chi connectivity index (χ4v) is 1.15. The normalized spacial score (nSPS) is 13.9. The van der Waals surface area contributed by atoms with Crippen LogP contribution in [0.4, 0.5) is 0 Å². The van der Waals surface area contributed by atoms with E-state index in [-0.39, 0.29) is 0 Å². The van der Waals surface area contributed by atoms with E-state index in [9.17, 15) is 0 Å². The molecule has 0 unspecified atom stereocenters. The largest absolute Gasteiger partial charge is 0.127 e. The maximum atomic E-state index is 5.48. The van der Waals surface area contributed by atoms with Gasteiger partial charge in [0.05, 0.1) is 0 Å². The molecule has 0 saturated carbocycles. The Bertz CT molecular complexity index is 45.8. The Morgan fingerprint density at radius 1 is 1.50 bits per heavy atom. The van der Waals surface area contributed by atoms with Gasteiger partial charge in [-0.2, -0.15) is 0 Å². The summed E-state index contributed by atoms with van der Waals surface area (Å²) in [6, 6.07) is 0. The number of unbranched alkanes of at least 4 members (excludes halogenated alkanes) is 1. The lowest BCUT2D eigenvalue weighted by Crippen LogP contribution is -1.88. The molecule has 0 aromatic heterocycles. The van der Waals surface area contributed by atoms with Gasteiger partial charge in [0.15, 0.2) is 0 Å². The minimum atomic E-state index is 0.816. The lowest BCUT2D eigenvalue weighted by atomic mass is 10.2. The molecule has 0 aromatic carbocycles. The first-order valence-electron chi connectivity index (χ1n) is 2.97. The van der Waals surface area contributed by atoms with Crippen molar-refractivity contribution in [3.05, 3.63) is 0 Å². The zero-order chi connectivity index (χ0) is 6.41. The Morgan fingerprint density at radius 3 is 2.50 bits per heavy atom. The highest BCUT2D eigenvalue weighted by Gasteiger charge is 1.92. The average molecular weight is 247 g/mol. The molecule has 0 heterocycles. The maximum Gasteiger partial charge on any atom is 0.0223 e. The van der Waals surface area contributed by atoms with Crippen molar-refractivity contribution in [2.45, 2.75) is 30.1 Å². The van der Waals surface area contributed by atoms with E-state index in [1.165, 1.54) is 19.3 Å². The van der Waals surface area contributed by atoms with E-state index in [1.54, 1.807) is 0 Å². The molecule has 0 aromatic rings. The third-order valence-electron chi connectivity index (χ3n) is 0.986. The zero-order valence-corrected chi connectivity index (χ0v) is 8.08. The molecule has 0 nitrogen and oxygen atoms in total. The summed E-state index contributed by atoms with van der Waals surface area (Å²) in [5, 5.41) is 0. The summed E-state index contributed by atoms with van der Waals surface area (Å²) in [6.45, 7) is 2.23. The van der Waals surface area contributed by atoms with Gasteiger partial charge in [-0.15, -0.1) is 11.6 Å². The van der Waals surface area contributed by atoms with Gasteiger partial charge in [-0.25, -0.2) is 0 Å². The van der Waals surface area contributed by atoms with Gasteiger partial charge in [0.2, 0.25) is 0 Å². The lowest BCUT2D eigenvalue weighted by Gasteiger charge is -1.98. The van der Waals surface area contributed by atoms with Crippen LogP contribution in [-0.2, 0) is 0 Å². The second-order valence-electron chi connectivity index (χ2n) is 1.97. The second kappa shape index (κ2) is 6.14. The van der Waals surface area contributed by atoms with E-state index in [0.29, 0.717) is 0 Å². The summed E-state index contributed by atoms with van der Waals surface area (Å²) >= 11 is 7.92. The first-order valence-corrected chi connectivity index (χ1v) is 4.75. The number of rotatable bonds is 4. The molecule has 0 radical (unpaired) electrons. The van der Waals surface area contributed by atoms with E-state index in [0.717, 1.165) is 9.80 Å². The summed E-state index contributed by atoms with van der Waals surface area (Å²) in [5.41, 5.74) is 0. The highest BCUT2D eigenvalue weighted by Crippen LogP contribution is 2.08. The molecule has 0 bridgehead atoms. The Labute approximate surface area is 70.1 Å². The van der Waals surface area contributed by atoms with Crippen molar-refractivity contribution in [3.63, 3.8) is 0 Å². The molecular weight excluding hydrogens is 234 g/mol. The summed E-state index contributed by atoms with van der Waals surface area (Å²) in [5.74, 6) is 0.823. The third kappa shape index (κ3) is 7.02. The van der Waals surface area contributed by atoms with Crippen LogP contribution in [0.25, 0.3) is 0 Å². The Balaban J connectivity index is 2.72. The number of hydrogen-bond donors (Lipinski definition) is 0. The molecule has 0 saturated heterocycles. The molecule has 50 valence electrons. The van der Waals surface area contributed by atoms with E-state index < -0.39 is 0 Å². The highest BCUT2D eigenvalue weighted by molar-refractivity contribution is 14.1. The van der Waals surface area contributed by atoms with Gasteiger partial charge >= 0.3 is 0 Å². The Hall–Kier alpha value is 1.02. The van der Waals surface area contributed by atoms with E-state index in [2.05, 4.69) is 29.5 Å². The molecule has 0 aliphatic carbocycles. The Morgan fingerprint density at radius 2 is 2.12 bits per heavy atom. The minimum absolute atomic E-state index is 0.816. The second-order valence-corrected chi connectivity index (χ2v) is 4.47. The molecule has 0 spiro atoms. The van der Waals surface area contributed by atoms with Crippen LogP contribution in [0.1, 0.15) is 26.2 Å². The predicted molar refractivity (Wildman–Crippen MR) is 48.1 cm³/mol. The first-order chi connectivity index (χ1) is 3.77. The third-order valence-corrected chi connectivity index (χ3v) is 1.88. The van der Waals surface area contributed by atoms with Crippen LogP contribution in [0.3, 0.4) is 0 Å². The molecule has 1 atom stereocenters. The van der Waals surface area contributed by atoms with Gasteiger partial charge in [0.25, 0.3) is 0 Å². The Kier molecular flexibility index (Phi) is 6.93. The molecule has 2 heteroatoms. The number of halogens is 2. The fourth-order valence-electron chi connectivity index (χ4n) is 0.520. The molecule has 8 heavy (non-hydrogen) atoms. The SMILES string of the molecule is C[C@H](I)CCCCCl. The van der Waals surface area contributed by atoms with Crippen molar-refractivity contribution < 1.29 is 0 Å². The van der Waals surface area contributed by atoms with Crippen molar-refractivity contribution in [2.75, 3.05) is 5.88 Å². The van der Waals surface area contributed by atoms with Crippen LogP contribution in [0.2, 0.25) is 0 Å². The van der Waals surface area contributed by atoms with Gasteiger partial charge in [0.1, 0.15) is 0 Å². The molecule has 0 rings (SSSR count). The summed E-state index contributed by atoms with van der Waals surface area (Å²) in [6.07, 6.45) is 3.77. The van der Waals surface area contributed by atoms with Crippen LogP contribution in [0.15, 0.2) is 0 Å². The van der Waals surface area contributed by atoms with Gasteiger partial charge in [-0.05, 0) is 12.8 Å². The van der Waals surface area contributed by atoms with Crippen LogP contribution >= 0.6 is 34.2 Å². The minimum Gasteiger partial charge on any atom is -0.127 e. The first kappa shape index (κ1) is 9.02. The summed E-state index contributed by atoms with van der Waals surface area (Å²) in [4.78, 5) is 0. The maximum absolute atomic E-state index is 5.48. The predicted octanol–water partition coefficient (Wildman–Crippen LogP) is 3.22. The van der Waals surface area contributed by atoms with Gasteiger partial charge in [0, 0.05) is 9.80 Å². The fraction of sp³-hybridized carbons (Fsp3) is 1.00. The number of alkyl halides is 2. The standard InChI is InChI=1S/C6H12ClI/c1-6(8)4-2-3-5-7/h6H,2-5H2,1H3/t6-/m0/s1. The van der Waals surface area contributed by atoms with Crippen molar-refractivity contribution in [1.82, 2.24) is 0 Å². The molecule has 0 aliphatic rings. The van der Waals surface area contributed by atoms with Crippen molar-refractivity contribution in [2.24, 2.45) is 0 Å². The van der Waals surface area contributed by atoms with Crippen LogP contribution in [-0.4, -0.2) is 9.80 Å². The zero-order valence-electron chi connectivity index (χ0n) is 5.16. The van der Waals surface area contributed by atoms with Gasteiger partial charge in [-0.3, -0.25) is 0 Å². The van der Waals surface area contributed by atoms with E-state index in [1.807, 2.05) is 0 Å². The van der Waals surface area contributed by atoms with Crippen LogP contribution < -0.4 is 0 Å². The van der Waals surface area contributed by atoms with Crippen LogP contribution in [0.5, 0.6) is 0 Å². The average Bonchev–Trinajstić information content (AvgIpc) is 1.66. The summed E-state index contributed by atoms with van der Waals surface area (Å²) in [7, 11) is 0. The molecule has 0 fully saturated rings. The topological polar surface area (TPSA) is 0 Å². The monoisotopic (exact) mass is 246 g/mol. The molecule has 0 aliphatic heterocycles. The molecule has 0 N–H and O–H groups in total. The van der Waals surface area contributed by atoms with E-state index >= 15 is 0 Å². The smallest absolute Gasteiger partial charge is 0.0223 e. The summed E-state index contributed by atoms with van der Waals surface area (Å²) < 4.78 is 0.816. The van der Waals surface area contributed by atoms with Gasteiger partial charge in [-0.1, -0.05) is 35.9 Å². The lowest BCUT2D eigenvalue weighted by molar-refractivity contribution is 0.729. The van der Waals surface area contributed by atoms with Crippen molar-refractivity contribution in [1.29, 1.82) is 0 Å². The van der Waals surface area contributed by atoms with Gasteiger partial charge < -0.3 is 0 Å². The van der Waals surface area contributed by atoms with Crippen LogP contribution in [0, 0.1) is 0 Å². The molecular formula is C6H12ClI. The van der Waals surface area contributed by atoms with Crippen molar-refractivity contribution >= 4 is 34.2 Å². The van der Waals surface area contributed by atoms with E-state index in [4.69, 9.17) is 11.6 Å².